The largest absolute Gasteiger partial charge is 0.393 e. The van der Waals surface area contributed by atoms with Gasteiger partial charge in [-0.25, -0.2) is 0 Å². The van der Waals surface area contributed by atoms with Crippen molar-refractivity contribution < 1.29 is 20.4 Å². The van der Waals surface area contributed by atoms with Crippen molar-refractivity contribution in [3.8, 4) is 0 Å². The molecule has 4 N–H and O–H groups in total. The quantitative estimate of drug-likeness (QED) is 0.592. The molecular formula is C24H42O4. The second kappa shape index (κ2) is 7.21. The normalized spacial score (nSPS) is 57.2. The van der Waals surface area contributed by atoms with E-state index in [0.29, 0.717) is 18.3 Å². The lowest BCUT2D eigenvalue weighted by Crippen LogP contribution is -2.66. The van der Waals surface area contributed by atoms with Gasteiger partial charge in [0.1, 0.15) is 0 Å². The molecule has 4 saturated carbocycles. The van der Waals surface area contributed by atoms with E-state index in [9.17, 15) is 20.4 Å². The molecule has 0 amide bonds. The number of fused-ring (bicyclic) bond motifs is 5. The first-order valence-electron chi connectivity index (χ1n) is 11.9. The molecule has 0 aromatic carbocycles. The van der Waals surface area contributed by atoms with E-state index in [1.165, 1.54) is 12.8 Å². The molecular weight excluding hydrogens is 352 g/mol. The van der Waals surface area contributed by atoms with Crippen LogP contribution in [0.25, 0.3) is 0 Å². The molecule has 0 spiro atoms. The molecule has 4 fully saturated rings. The third-order valence-corrected chi connectivity index (χ3v) is 10.3. The molecule has 4 rings (SSSR count). The molecule has 0 aromatic rings. The molecule has 0 saturated heterocycles. The van der Waals surface area contributed by atoms with Crippen LogP contribution in [0, 0.1) is 46.3 Å². The standard InChI is InChI=1S/C24H42O4/c1-5-6-13(2)15-7-8-16-20-17(12-19(26)24(15,16)4)23(3)10-9-14(25)11-18(23)21(27)22(20)28/h13-22,25-28H,5-12H2,1-4H3/t13?,14?,15-,16+,17+,18?,19?,20+,21?,22?,23-,24-/m1/s1. The summed E-state index contributed by atoms with van der Waals surface area (Å²) >= 11 is 0. The summed E-state index contributed by atoms with van der Waals surface area (Å²) in [5, 5.41) is 44.1. The van der Waals surface area contributed by atoms with Crippen molar-refractivity contribution >= 4 is 0 Å². The van der Waals surface area contributed by atoms with Crippen LogP contribution in [0.1, 0.15) is 79.1 Å². The van der Waals surface area contributed by atoms with Gasteiger partial charge < -0.3 is 20.4 Å². The zero-order valence-electron chi connectivity index (χ0n) is 18.2. The first-order chi connectivity index (χ1) is 13.2. The highest BCUT2D eigenvalue weighted by atomic mass is 16.3. The minimum atomic E-state index is -0.757. The number of hydrogen-bond donors (Lipinski definition) is 4. The lowest BCUT2D eigenvalue weighted by atomic mass is 9.42. The Balaban J connectivity index is 1.69. The fraction of sp³-hybridized carbons (Fsp3) is 1.00. The van der Waals surface area contributed by atoms with Gasteiger partial charge in [0, 0.05) is 0 Å². The van der Waals surface area contributed by atoms with Gasteiger partial charge in [-0.1, -0.05) is 40.5 Å². The van der Waals surface area contributed by atoms with Crippen molar-refractivity contribution in [1.29, 1.82) is 0 Å². The van der Waals surface area contributed by atoms with Crippen LogP contribution < -0.4 is 0 Å². The monoisotopic (exact) mass is 394 g/mol. The van der Waals surface area contributed by atoms with Crippen molar-refractivity contribution in [3.05, 3.63) is 0 Å². The fourth-order valence-corrected chi connectivity index (χ4v) is 8.83. The minimum absolute atomic E-state index is 0.0683. The molecule has 0 aliphatic heterocycles. The maximum absolute atomic E-state index is 11.5. The van der Waals surface area contributed by atoms with Crippen molar-refractivity contribution in [1.82, 2.24) is 0 Å². The smallest absolute Gasteiger partial charge is 0.0836 e. The maximum Gasteiger partial charge on any atom is 0.0836 e. The Morgan fingerprint density at radius 1 is 0.893 bits per heavy atom. The van der Waals surface area contributed by atoms with Crippen molar-refractivity contribution in [2.75, 3.05) is 0 Å². The van der Waals surface area contributed by atoms with Crippen LogP contribution in [0.3, 0.4) is 0 Å². The molecule has 4 aliphatic rings. The van der Waals surface area contributed by atoms with Crippen LogP contribution in [0.4, 0.5) is 0 Å². The number of hydrogen-bond acceptors (Lipinski definition) is 4. The van der Waals surface area contributed by atoms with Crippen molar-refractivity contribution in [3.63, 3.8) is 0 Å². The van der Waals surface area contributed by atoms with Crippen LogP contribution in [-0.2, 0) is 0 Å². The lowest BCUT2D eigenvalue weighted by Gasteiger charge is -2.64. The number of aliphatic hydroxyl groups excluding tert-OH is 4. The van der Waals surface area contributed by atoms with Gasteiger partial charge in [-0.2, -0.15) is 0 Å². The average molecular weight is 395 g/mol. The predicted molar refractivity (Wildman–Crippen MR) is 109 cm³/mol. The van der Waals surface area contributed by atoms with Crippen LogP contribution in [0.2, 0.25) is 0 Å². The highest BCUT2D eigenvalue weighted by Gasteiger charge is 2.67. The zero-order valence-corrected chi connectivity index (χ0v) is 18.2. The minimum Gasteiger partial charge on any atom is -0.393 e. The molecule has 0 heterocycles. The third-order valence-electron chi connectivity index (χ3n) is 10.3. The Bertz CT molecular complexity index is 581. The molecule has 162 valence electrons. The predicted octanol–water partition coefficient (Wildman–Crippen LogP) is 3.35. The molecule has 4 nitrogen and oxygen atoms in total. The summed E-state index contributed by atoms with van der Waals surface area (Å²) in [4.78, 5) is 0. The average Bonchev–Trinajstić information content (AvgIpc) is 3.01. The summed E-state index contributed by atoms with van der Waals surface area (Å²) < 4.78 is 0. The summed E-state index contributed by atoms with van der Waals surface area (Å²) in [5.74, 6) is 1.59. The van der Waals surface area contributed by atoms with Gasteiger partial charge in [-0.15, -0.1) is 0 Å². The Morgan fingerprint density at radius 2 is 1.61 bits per heavy atom. The molecule has 12 atom stereocenters. The van der Waals surface area contributed by atoms with Crippen LogP contribution in [0.5, 0.6) is 0 Å². The van der Waals surface area contributed by atoms with E-state index in [2.05, 4.69) is 27.7 Å². The van der Waals surface area contributed by atoms with E-state index in [4.69, 9.17) is 0 Å². The SMILES string of the molecule is CCCC(C)[C@H]1CC[C@H]2[C@@H]3C(O)C(O)C4CC(O)CC[C@]4(C)[C@H]3CC(O)[C@]12C. The summed E-state index contributed by atoms with van der Waals surface area (Å²) in [6.45, 7) is 9.11. The van der Waals surface area contributed by atoms with Gasteiger partial charge in [0.15, 0.2) is 0 Å². The van der Waals surface area contributed by atoms with Gasteiger partial charge in [0.05, 0.1) is 24.4 Å². The van der Waals surface area contributed by atoms with Crippen molar-refractivity contribution in [2.24, 2.45) is 46.3 Å². The second-order valence-corrected chi connectivity index (χ2v) is 11.4. The number of rotatable bonds is 3. The summed E-state index contributed by atoms with van der Waals surface area (Å²) in [5.41, 5.74) is -0.258. The first kappa shape index (κ1) is 21.1. The molecule has 6 unspecified atom stereocenters. The Labute approximate surface area is 170 Å². The topological polar surface area (TPSA) is 80.9 Å². The van der Waals surface area contributed by atoms with Gasteiger partial charge in [-0.3, -0.25) is 0 Å². The second-order valence-electron chi connectivity index (χ2n) is 11.4. The third kappa shape index (κ3) is 2.77. The van der Waals surface area contributed by atoms with E-state index >= 15 is 0 Å². The highest BCUT2D eigenvalue weighted by molar-refractivity contribution is 5.16. The fourth-order valence-electron chi connectivity index (χ4n) is 8.83. The van der Waals surface area contributed by atoms with E-state index < -0.39 is 12.2 Å². The van der Waals surface area contributed by atoms with Crippen LogP contribution in [0.15, 0.2) is 0 Å². The van der Waals surface area contributed by atoms with Crippen molar-refractivity contribution in [2.45, 2.75) is 103 Å². The van der Waals surface area contributed by atoms with Crippen LogP contribution >= 0.6 is 0 Å². The molecule has 28 heavy (non-hydrogen) atoms. The highest BCUT2D eigenvalue weighted by Crippen LogP contribution is 2.68. The Morgan fingerprint density at radius 3 is 2.29 bits per heavy atom. The molecule has 4 aliphatic carbocycles. The summed E-state index contributed by atoms with van der Waals surface area (Å²) in [6.07, 6.45) is 5.32. The van der Waals surface area contributed by atoms with E-state index in [1.54, 1.807) is 0 Å². The van der Waals surface area contributed by atoms with E-state index in [0.717, 1.165) is 32.1 Å². The maximum atomic E-state index is 11.5. The first-order valence-corrected chi connectivity index (χ1v) is 11.9. The van der Waals surface area contributed by atoms with Gasteiger partial charge >= 0.3 is 0 Å². The lowest BCUT2D eigenvalue weighted by molar-refractivity contribution is -0.243. The molecule has 4 heteroatoms. The Kier molecular flexibility index (Phi) is 5.43. The number of aliphatic hydroxyl groups is 4. The summed E-state index contributed by atoms with van der Waals surface area (Å²) in [7, 11) is 0. The zero-order chi connectivity index (χ0) is 20.4. The summed E-state index contributed by atoms with van der Waals surface area (Å²) in [6, 6.07) is 0. The molecule has 0 radical (unpaired) electrons. The van der Waals surface area contributed by atoms with E-state index in [1.807, 2.05) is 0 Å². The van der Waals surface area contributed by atoms with Gasteiger partial charge in [-0.05, 0) is 84.9 Å². The van der Waals surface area contributed by atoms with Crippen LogP contribution in [-0.4, -0.2) is 44.8 Å². The van der Waals surface area contributed by atoms with Gasteiger partial charge in [0.2, 0.25) is 0 Å². The van der Waals surface area contributed by atoms with Gasteiger partial charge in [0.25, 0.3) is 0 Å². The Hall–Kier alpha value is -0.160. The molecule has 0 bridgehead atoms. The van der Waals surface area contributed by atoms with E-state index in [-0.39, 0.29) is 46.7 Å². The molecule has 0 aromatic heterocycles.